The van der Waals surface area contributed by atoms with E-state index in [1.165, 1.54) is 6.92 Å². The second-order valence-corrected chi connectivity index (χ2v) is 5.05. The van der Waals surface area contributed by atoms with Crippen LogP contribution in [0.4, 0.5) is 0 Å². The molecule has 6 nitrogen and oxygen atoms in total. The smallest absolute Gasteiger partial charge is 0.243 e. The third kappa shape index (κ3) is 4.08. The Balaban J connectivity index is 2.65. The highest BCUT2D eigenvalue weighted by molar-refractivity contribution is 5.87. The molecule has 0 aliphatic rings. The molecule has 0 bridgehead atoms. The Morgan fingerprint density at radius 2 is 1.95 bits per heavy atom. The van der Waals surface area contributed by atoms with Gasteiger partial charge in [-0.05, 0) is 19.8 Å². The van der Waals surface area contributed by atoms with Crippen molar-refractivity contribution in [2.75, 3.05) is 0 Å². The number of rotatable bonds is 5. The fourth-order valence-electron chi connectivity index (χ4n) is 1.87. The molecule has 1 aromatic rings. The van der Waals surface area contributed by atoms with Crippen LogP contribution in [0.1, 0.15) is 37.7 Å². The lowest BCUT2D eigenvalue weighted by atomic mass is 10.0. The summed E-state index contributed by atoms with van der Waals surface area (Å²) in [5, 5.41) is 12.5. The van der Waals surface area contributed by atoms with Crippen LogP contribution in [-0.4, -0.2) is 28.1 Å². The minimum absolute atomic E-state index is 0.0374. The molecule has 106 valence electrons. The molecule has 1 rings (SSSR count). The van der Waals surface area contributed by atoms with Crippen molar-refractivity contribution < 1.29 is 9.59 Å². The van der Waals surface area contributed by atoms with Gasteiger partial charge in [-0.25, -0.2) is 0 Å². The Kier molecular flexibility index (Phi) is 5.09. The summed E-state index contributed by atoms with van der Waals surface area (Å²) in [6.45, 7) is 9.42. The number of carbonyl (C=O) groups excluding carboxylic acids is 2. The fraction of sp³-hybridized carbons (Fsp3) is 0.615. The minimum Gasteiger partial charge on any atom is -0.350 e. The summed E-state index contributed by atoms with van der Waals surface area (Å²) in [7, 11) is 0. The number of amides is 2. The quantitative estimate of drug-likeness (QED) is 0.737. The molecule has 1 unspecified atom stereocenters. The highest BCUT2D eigenvalue weighted by Crippen LogP contribution is 2.09. The molecule has 19 heavy (non-hydrogen) atoms. The van der Waals surface area contributed by atoms with Crippen LogP contribution >= 0.6 is 0 Å². The van der Waals surface area contributed by atoms with E-state index in [0.29, 0.717) is 6.54 Å². The van der Waals surface area contributed by atoms with Crippen LogP contribution in [0.5, 0.6) is 0 Å². The normalized spacial score (nSPS) is 12.3. The number of hydrogen-bond acceptors (Lipinski definition) is 3. The third-order valence-electron chi connectivity index (χ3n) is 3.03. The van der Waals surface area contributed by atoms with Crippen LogP contribution in [0.25, 0.3) is 0 Å². The predicted molar refractivity (Wildman–Crippen MR) is 72.4 cm³/mol. The molecule has 0 saturated carbocycles. The van der Waals surface area contributed by atoms with E-state index in [2.05, 4.69) is 20.8 Å². The predicted octanol–water partition coefficient (Wildman–Crippen LogP) is 0.803. The number of carbonyl (C=O) groups is 2. The van der Waals surface area contributed by atoms with Crippen molar-refractivity contribution in [3.63, 3.8) is 0 Å². The number of aromatic nitrogens is 2. The van der Waals surface area contributed by atoms with Crippen LogP contribution in [0.15, 0.2) is 0 Å². The van der Waals surface area contributed by atoms with E-state index in [0.717, 1.165) is 17.0 Å². The molecule has 1 heterocycles. The summed E-state index contributed by atoms with van der Waals surface area (Å²) in [4.78, 5) is 23.2. The molecule has 0 spiro atoms. The lowest BCUT2D eigenvalue weighted by Crippen LogP contribution is -2.48. The van der Waals surface area contributed by atoms with Gasteiger partial charge < -0.3 is 10.6 Å². The van der Waals surface area contributed by atoms with E-state index in [-0.39, 0.29) is 17.7 Å². The second-order valence-electron chi connectivity index (χ2n) is 5.05. The van der Waals surface area contributed by atoms with Gasteiger partial charge in [0, 0.05) is 24.7 Å². The fourth-order valence-corrected chi connectivity index (χ4v) is 1.87. The van der Waals surface area contributed by atoms with E-state index < -0.39 is 6.04 Å². The number of hydrogen-bond donors (Lipinski definition) is 3. The molecule has 2 amide bonds. The summed E-state index contributed by atoms with van der Waals surface area (Å²) in [5.41, 5.74) is 2.80. The van der Waals surface area contributed by atoms with Crippen LogP contribution in [0, 0.1) is 19.8 Å². The van der Waals surface area contributed by atoms with Gasteiger partial charge >= 0.3 is 0 Å². The molecular formula is C13H22N4O2. The molecule has 0 aromatic carbocycles. The SMILES string of the molecule is CC(=O)NC(C(=O)NCc1c(C)n[nH]c1C)C(C)C. The second kappa shape index (κ2) is 6.36. The van der Waals surface area contributed by atoms with Crippen molar-refractivity contribution >= 4 is 11.8 Å². The topological polar surface area (TPSA) is 86.9 Å². The Bertz CT molecular complexity index is 446. The van der Waals surface area contributed by atoms with Gasteiger partial charge in [0.05, 0.1) is 5.69 Å². The first-order chi connectivity index (χ1) is 8.82. The average Bonchev–Trinajstić information content (AvgIpc) is 2.62. The average molecular weight is 266 g/mol. The van der Waals surface area contributed by atoms with E-state index in [9.17, 15) is 9.59 Å². The monoisotopic (exact) mass is 266 g/mol. The molecule has 1 aromatic heterocycles. The summed E-state index contributed by atoms with van der Waals surface area (Å²) in [5.74, 6) is -0.342. The summed E-state index contributed by atoms with van der Waals surface area (Å²) < 4.78 is 0. The van der Waals surface area contributed by atoms with Gasteiger partial charge in [0.25, 0.3) is 0 Å². The van der Waals surface area contributed by atoms with E-state index in [4.69, 9.17) is 0 Å². The Labute approximate surface area is 113 Å². The van der Waals surface area contributed by atoms with Gasteiger partial charge in [-0.2, -0.15) is 5.10 Å². The van der Waals surface area contributed by atoms with Gasteiger partial charge in [-0.3, -0.25) is 14.7 Å². The van der Waals surface area contributed by atoms with E-state index in [1.54, 1.807) is 0 Å². The van der Waals surface area contributed by atoms with E-state index in [1.807, 2.05) is 27.7 Å². The van der Waals surface area contributed by atoms with Crippen molar-refractivity contribution in [3.8, 4) is 0 Å². The number of nitrogens with zero attached hydrogens (tertiary/aromatic N) is 1. The maximum Gasteiger partial charge on any atom is 0.243 e. The van der Waals surface area contributed by atoms with Gasteiger partial charge in [-0.15, -0.1) is 0 Å². The minimum atomic E-state index is -0.509. The highest BCUT2D eigenvalue weighted by Gasteiger charge is 2.23. The number of aromatic amines is 1. The molecule has 1 atom stereocenters. The molecule has 0 aliphatic carbocycles. The Morgan fingerprint density at radius 1 is 1.32 bits per heavy atom. The summed E-state index contributed by atoms with van der Waals surface area (Å²) in [6, 6.07) is -0.509. The van der Waals surface area contributed by atoms with Crippen molar-refractivity contribution in [2.24, 2.45) is 5.92 Å². The first-order valence-electron chi connectivity index (χ1n) is 6.38. The van der Waals surface area contributed by atoms with E-state index >= 15 is 0 Å². The molecule has 3 N–H and O–H groups in total. The lowest BCUT2D eigenvalue weighted by Gasteiger charge is -2.20. The molecule has 0 radical (unpaired) electrons. The number of H-pyrrole nitrogens is 1. The molecule has 6 heteroatoms. The zero-order valence-corrected chi connectivity index (χ0v) is 12.1. The van der Waals surface area contributed by atoms with Crippen molar-refractivity contribution in [3.05, 3.63) is 17.0 Å². The molecule has 0 aliphatic heterocycles. The van der Waals surface area contributed by atoms with Crippen LogP contribution in [0.2, 0.25) is 0 Å². The zero-order valence-electron chi connectivity index (χ0n) is 12.1. The Morgan fingerprint density at radius 3 is 2.37 bits per heavy atom. The maximum atomic E-state index is 12.1. The van der Waals surface area contributed by atoms with Gasteiger partial charge in [0.15, 0.2) is 0 Å². The summed E-state index contributed by atoms with van der Waals surface area (Å²) in [6.07, 6.45) is 0. The third-order valence-corrected chi connectivity index (χ3v) is 3.03. The van der Waals surface area contributed by atoms with Crippen molar-refractivity contribution in [1.29, 1.82) is 0 Å². The molecule has 0 fully saturated rings. The van der Waals surface area contributed by atoms with Crippen molar-refractivity contribution in [1.82, 2.24) is 20.8 Å². The van der Waals surface area contributed by atoms with Crippen LogP contribution < -0.4 is 10.6 Å². The van der Waals surface area contributed by atoms with Gasteiger partial charge in [0.1, 0.15) is 6.04 Å². The van der Waals surface area contributed by atoms with Gasteiger partial charge in [0.2, 0.25) is 11.8 Å². The standard InChI is InChI=1S/C13H22N4O2/c1-7(2)12(15-10(5)18)13(19)14-6-11-8(3)16-17-9(11)4/h7,12H,6H2,1-5H3,(H,14,19)(H,15,18)(H,16,17). The maximum absolute atomic E-state index is 12.1. The van der Waals surface area contributed by atoms with Crippen LogP contribution in [-0.2, 0) is 16.1 Å². The zero-order chi connectivity index (χ0) is 14.6. The number of nitrogens with one attached hydrogen (secondary N) is 3. The number of aryl methyl sites for hydroxylation is 2. The highest BCUT2D eigenvalue weighted by atomic mass is 16.2. The Hall–Kier alpha value is -1.85. The van der Waals surface area contributed by atoms with Gasteiger partial charge in [-0.1, -0.05) is 13.8 Å². The first kappa shape index (κ1) is 15.2. The lowest BCUT2D eigenvalue weighted by molar-refractivity contribution is -0.129. The van der Waals surface area contributed by atoms with Crippen LogP contribution in [0.3, 0.4) is 0 Å². The molecule has 0 saturated heterocycles. The largest absolute Gasteiger partial charge is 0.350 e. The summed E-state index contributed by atoms with van der Waals surface area (Å²) >= 11 is 0. The first-order valence-corrected chi connectivity index (χ1v) is 6.38. The molecular weight excluding hydrogens is 244 g/mol. The van der Waals surface area contributed by atoms with Crippen molar-refractivity contribution in [2.45, 2.75) is 47.2 Å².